The van der Waals surface area contributed by atoms with Crippen LogP contribution in [-0.2, 0) is 0 Å². The Morgan fingerprint density at radius 3 is 2.41 bits per heavy atom. The summed E-state index contributed by atoms with van der Waals surface area (Å²) in [6, 6.07) is 25.3. The topological polar surface area (TPSA) is 60.2 Å². The Kier molecular flexibility index (Phi) is 5.19. The van der Waals surface area contributed by atoms with E-state index in [9.17, 15) is 4.79 Å². The van der Waals surface area contributed by atoms with Crippen LogP contribution in [0.25, 0.3) is 0 Å². The van der Waals surface area contributed by atoms with E-state index in [2.05, 4.69) is 47.3 Å². The third kappa shape index (κ3) is 3.43. The molecular weight excluding hydrogens is 400 g/mol. The van der Waals surface area contributed by atoms with E-state index >= 15 is 0 Å². The lowest BCUT2D eigenvalue weighted by Gasteiger charge is -2.39. The molecule has 2 heterocycles. The number of rotatable bonds is 4. The van der Waals surface area contributed by atoms with Crippen molar-refractivity contribution in [1.82, 2.24) is 14.8 Å². The molecular formula is C26H24N4O2. The second-order valence-corrected chi connectivity index (χ2v) is 7.97. The predicted molar refractivity (Wildman–Crippen MR) is 123 cm³/mol. The predicted octanol–water partition coefficient (Wildman–Crippen LogP) is 4.98. The van der Waals surface area contributed by atoms with Crippen molar-refractivity contribution in [1.29, 1.82) is 0 Å². The Bertz CT molecular complexity index is 1230. The van der Waals surface area contributed by atoms with Crippen LogP contribution in [0.5, 0.6) is 5.75 Å². The number of amides is 1. The van der Waals surface area contributed by atoms with Gasteiger partial charge in [-0.15, -0.1) is 0 Å². The van der Waals surface area contributed by atoms with Gasteiger partial charge in [-0.2, -0.15) is 10.1 Å². The zero-order valence-electron chi connectivity index (χ0n) is 18.1. The van der Waals surface area contributed by atoms with Gasteiger partial charge in [-0.1, -0.05) is 66.2 Å². The first-order valence-electron chi connectivity index (χ1n) is 10.6. The van der Waals surface area contributed by atoms with Gasteiger partial charge in [-0.25, -0.2) is 4.68 Å². The SMILES string of the molecule is COc1ccccc1[C@@H]1C[C@@H](c2ccc(C)cc2)N(C(=O)c2ccccc2)c2ncnn21. The Hall–Kier alpha value is -3.93. The summed E-state index contributed by atoms with van der Waals surface area (Å²) in [5.74, 6) is 1.24. The molecule has 32 heavy (non-hydrogen) atoms. The molecule has 6 heteroatoms. The summed E-state index contributed by atoms with van der Waals surface area (Å²) in [7, 11) is 1.67. The van der Waals surface area contributed by atoms with Crippen LogP contribution in [-0.4, -0.2) is 27.8 Å². The van der Waals surface area contributed by atoms with Crippen LogP contribution in [0.4, 0.5) is 5.95 Å². The van der Waals surface area contributed by atoms with Gasteiger partial charge in [-0.05, 0) is 37.1 Å². The standard InChI is InChI=1S/C26H24N4O2/c1-18-12-14-19(15-13-18)22-16-23(21-10-6-7-11-24(21)32-2)30-26(27-17-28-30)29(22)25(31)20-8-4-3-5-9-20/h3-15,17,22-23H,16H2,1-2H3/t22-,23-/m0/s1. The second-order valence-electron chi connectivity index (χ2n) is 7.97. The molecule has 0 spiro atoms. The van der Waals surface area contributed by atoms with Gasteiger partial charge in [0, 0.05) is 11.1 Å². The van der Waals surface area contributed by atoms with Crippen molar-refractivity contribution in [3.63, 3.8) is 0 Å². The number of benzene rings is 3. The lowest BCUT2D eigenvalue weighted by Crippen LogP contribution is -2.42. The normalized spacial score (nSPS) is 17.6. The first kappa shape index (κ1) is 20.0. The minimum absolute atomic E-state index is 0.0936. The third-order valence-corrected chi connectivity index (χ3v) is 6.02. The van der Waals surface area contributed by atoms with Crippen LogP contribution in [0.1, 0.15) is 45.6 Å². The van der Waals surface area contributed by atoms with Crippen LogP contribution < -0.4 is 9.64 Å². The van der Waals surface area contributed by atoms with Crippen LogP contribution in [0.2, 0.25) is 0 Å². The highest BCUT2D eigenvalue weighted by molar-refractivity contribution is 6.05. The van der Waals surface area contributed by atoms with Gasteiger partial charge >= 0.3 is 0 Å². The number of hydrogen-bond acceptors (Lipinski definition) is 4. The smallest absolute Gasteiger partial charge is 0.261 e. The highest BCUT2D eigenvalue weighted by Gasteiger charge is 2.40. The van der Waals surface area contributed by atoms with Crippen molar-refractivity contribution in [2.75, 3.05) is 12.0 Å². The van der Waals surface area contributed by atoms with Gasteiger partial charge in [0.1, 0.15) is 12.1 Å². The number of carbonyl (C=O) groups excluding carboxylic acids is 1. The van der Waals surface area contributed by atoms with Gasteiger partial charge in [-0.3, -0.25) is 9.69 Å². The molecule has 0 saturated carbocycles. The maximum atomic E-state index is 13.7. The first-order chi connectivity index (χ1) is 15.7. The Morgan fingerprint density at radius 2 is 1.66 bits per heavy atom. The molecule has 0 bridgehead atoms. The molecule has 4 aromatic rings. The summed E-state index contributed by atoms with van der Waals surface area (Å²) in [6.07, 6.45) is 2.17. The second kappa shape index (κ2) is 8.30. The molecule has 6 nitrogen and oxygen atoms in total. The number of para-hydroxylation sites is 1. The van der Waals surface area contributed by atoms with Crippen LogP contribution in [0.15, 0.2) is 85.2 Å². The number of anilines is 1. The minimum atomic E-state index is -0.199. The van der Waals surface area contributed by atoms with Crippen molar-refractivity contribution >= 4 is 11.9 Å². The summed E-state index contributed by atoms with van der Waals surface area (Å²) in [4.78, 5) is 20.0. The average molecular weight is 425 g/mol. The van der Waals surface area contributed by atoms with E-state index in [0.717, 1.165) is 16.9 Å². The number of aromatic nitrogens is 3. The summed E-state index contributed by atoms with van der Waals surface area (Å²) in [5.41, 5.74) is 3.88. The van der Waals surface area contributed by atoms with Gasteiger partial charge in [0.15, 0.2) is 0 Å². The van der Waals surface area contributed by atoms with Gasteiger partial charge in [0.05, 0.1) is 19.2 Å². The van der Waals surface area contributed by atoms with E-state index in [4.69, 9.17) is 4.74 Å². The molecule has 1 aliphatic heterocycles. The molecule has 160 valence electrons. The lowest BCUT2D eigenvalue weighted by atomic mass is 9.90. The molecule has 0 N–H and O–H groups in total. The minimum Gasteiger partial charge on any atom is -0.496 e. The van der Waals surface area contributed by atoms with Gasteiger partial charge in [0.25, 0.3) is 5.91 Å². The maximum absolute atomic E-state index is 13.7. The third-order valence-electron chi connectivity index (χ3n) is 6.02. The molecule has 0 saturated heterocycles. The number of nitrogens with zero attached hydrogens (tertiary/aromatic N) is 4. The van der Waals surface area contributed by atoms with E-state index in [0.29, 0.717) is 17.9 Å². The largest absolute Gasteiger partial charge is 0.496 e. The number of fused-ring (bicyclic) bond motifs is 1. The fourth-order valence-electron chi connectivity index (χ4n) is 4.42. The molecule has 0 unspecified atom stereocenters. The Morgan fingerprint density at radius 1 is 0.938 bits per heavy atom. The molecule has 5 rings (SSSR count). The Labute approximate surface area is 187 Å². The van der Waals surface area contributed by atoms with Crippen LogP contribution >= 0.6 is 0 Å². The number of ether oxygens (including phenoxy) is 1. The number of methoxy groups -OCH3 is 1. The van der Waals surface area contributed by atoms with Crippen molar-refractivity contribution in [2.45, 2.75) is 25.4 Å². The fourth-order valence-corrected chi connectivity index (χ4v) is 4.42. The zero-order valence-corrected chi connectivity index (χ0v) is 18.1. The highest BCUT2D eigenvalue weighted by Crippen LogP contribution is 2.44. The number of carbonyl (C=O) groups is 1. The molecule has 1 aliphatic rings. The van der Waals surface area contributed by atoms with Gasteiger partial charge in [0.2, 0.25) is 5.95 Å². The Balaban J connectivity index is 1.67. The van der Waals surface area contributed by atoms with Crippen molar-refractivity contribution in [2.24, 2.45) is 0 Å². The quantitative estimate of drug-likeness (QED) is 0.464. The number of aryl methyl sites for hydroxylation is 1. The van der Waals surface area contributed by atoms with E-state index in [1.807, 2.05) is 53.2 Å². The molecule has 0 aliphatic carbocycles. The van der Waals surface area contributed by atoms with Crippen molar-refractivity contribution in [3.05, 3.63) is 107 Å². The van der Waals surface area contributed by atoms with E-state index in [-0.39, 0.29) is 18.0 Å². The average Bonchev–Trinajstić information content (AvgIpc) is 3.33. The molecule has 3 aromatic carbocycles. The van der Waals surface area contributed by atoms with Crippen molar-refractivity contribution in [3.8, 4) is 5.75 Å². The maximum Gasteiger partial charge on any atom is 0.261 e. The molecule has 1 amide bonds. The lowest BCUT2D eigenvalue weighted by molar-refractivity contribution is 0.0963. The first-order valence-corrected chi connectivity index (χ1v) is 10.6. The number of hydrogen-bond donors (Lipinski definition) is 0. The summed E-state index contributed by atoms with van der Waals surface area (Å²) in [5, 5.41) is 4.51. The summed E-state index contributed by atoms with van der Waals surface area (Å²) >= 11 is 0. The molecule has 0 fully saturated rings. The van der Waals surface area contributed by atoms with E-state index < -0.39 is 0 Å². The summed E-state index contributed by atoms with van der Waals surface area (Å²) < 4.78 is 7.49. The van der Waals surface area contributed by atoms with E-state index in [1.165, 1.54) is 11.9 Å². The van der Waals surface area contributed by atoms with Crippen LogP contribution in [0, 0.1) is 6.92 Å². The van der Waals surface area contributed by atoms with E-state index in [1.54, 1.807) is 12.0 Å². The zero-order chi connectivity index (χ0) is 22.1. The fraction of sp³-hybridized carbons (Fsp3) is 0.192. The highest BCUT2D eigenvalue weighted by atomic mass is 16.5. The molecule has 1 aromatic heterocycles. The molecule has 0 radical (unpaired) electrons. The van der Waals surface area contributed by atoms with Gasteiger partial charge < -0.3 is 4.74 Å². The van der Waals surface area contributed by atoms with Crippen LogP contribution in [0.3, 0.4) is 0 Å². The van der Waals surface area contributed by atoms with Crippen molar-refractivity contribution < 1.29 is 9.53 Å². The molecule has 2 atom stereocenters. The summed E-state index contributed by atoms with van der Waals surface area (Å²) in [6.45, 7) is 2.06. The monoisotopic (exact) mass is 424 g/mol.